The summed E-state index contributed by atoms with van der Waals surface area (Å²) < 4.78 is 62.2. The van der Waals surface area contributed by atoms with Gasteiger partial charge in [-0.15, -0.1) is 23.2 Å². The highest BCUT2D eigenvalue weighted by atomic mass is 32.2. The normalized spacial score (nSPS) is 13.0. The molecule has 0 spiro atoms. The van der Waals surface area contributed by atoms with Gasteiger partial charge in [-0.2, -0.15) is 59.6 Å². The number of ether oxygens (including phenoxy) is 3. The second kappa shape index (κ2) is 39.1. The number of methoxy groups -OCH3 is 3. The van der Waals surface area contributed by atoms with Crippen LogP contribution >= 0.6 is 36.1 Å². The summed E-state index contributed by atoms with van der Waals surface area (Å²) in [6.07, 6.45) is 5.32. The lowest BCUT2D eigenvalue weighted by Gasteiger charge is -2.38. The Morgan fingerprint density at radius 1 is 0.387 bits per heavy atom. The minimum Gasteiger partial charge on any atom is -0.508 e. The largest absolute Gasteiger partial charge is 0.508 e. The molecule has 29 nitrogen and oxygen atoms in total. The molecule has 1 fully saturated rings. The maximum atomic E-state index is 11.8. The lowest BCUT2D eigenvalue weighted by molar-refractivity contribution is -0.432. The Kier molecular flexibility index (Phi) is 28.6. The van der Waals surface area contributed by atoms with Crippen molar-refractivity contribution in [2.45, 2.75) is 57.1 Å². The molecular formula is C73H64N12O17S4. The van der Waals surface area contributed by atoms with E-state index in [-0.39, 0.29) is 32.9 Å². The number of fused-ring (bicyclic) bond motifs is 1. The van der Waals surface area contributed by atoms with Crippen molar-refractivity contribution >= 4 is 125 Å². The molecule has 12 rings (SSSR count). The summed E-state index contributed by atoms with van der Waals surface area (Å²) in [4.78, 5) is 1.10. The van der Waals surface area contributed by atoms with Gasteiger partial charge in [0.1, 0.15) is 40.1 Å². The van der Waals surface area contributed by atoms with Crippen LogP contribution in [0.4, 0.5) is 68.2 Å². The second-order valence-corrected chi connectivity index (χ2v) is 26.0. The molecule has 1 aliphatic carbocycles. The Morgan fingerprint density at radius 2 is 0.802 bits per heavy atom. The molecule has 33 heteroatoms. The molecule has 0 aromatic heterocycles. The van der Waals surface area contributed by atoms with Gasteiger partial charge in [-0.3, -0.25) is 4.55 Å². The first-order chi connectivity index (χ1) is 51.6. The number of aromatic hydroxyl groups is 2. The molecule has 0 saturated heterocycles. The van der Waals surface area contributed by atoms with Gasteiger partial charge in [0.05, 0.1) is 124 Å². The van der Waals surface area contributed by atoms with Gasteiger partial charge in [0.25, 0.3) is 10.1 Å². The maximum Gasteiger partial charge on any atom is 0.294 e. The number of hydrogen-bond donors (Lipinski definition) is 6. The summed E-state index contributed by atoms with van der Waals surface area (Å²) in [5.74, 6) is 1.97. The summed E-state index contributed by atoms with van der Waals surface area (Å²) in [5.41, 5.74) is 9.30. The smallest absolute Gasteiger partial charge is 0.294 e. The van der Waals surface area contributed by atoms with Crippen molar-refractivity contribution in [3.05, 3.63) is 248 Å². The average molecular weight is 1510 g/mol. The van der Waals surface area contributed by atoms with Crippen LogP contribution in [-0.4, -0.2) is 60.3 Å². The first kappa shape index (κ1) is 77.5. The highest BCUT2D eigenvalue weighted by molar-refractivity contribution is 7.95. The lowest BCUT2D eigenvalue weighted by Crippen LogP contribution is -2.30. The highest BCUT2D eigenvalue weighted by Crippen LogP contribution is 2.47. The standard InChI is InChI=1S/C34H30N4O8S2.C20H18N4O5S.C19H16N4O4S/c39-28-15-13-27(14-16-28)36-35-25-9-5-23(6-10-25)34(18-2-1-3-19-34)24-7-11-26(12-8-24)37-38-33-30(40)17-4-22-20-29(48(42,43)44)21-31(32(22)33)47-46-45-41;1-26-17-9-6-14(7-10-17)21-24-19-11-8-16(13-20(19)27-2)23-22-15-4-3-5-18(12-15)30-29-28-25;1-25-18-10-6-16(7-11-18)22-20-14-2-4-15(5-3-14)21-23-17-8-12-19(13-9-17)28-27-26-24/h4-17,20-21,39-41H,1-3,18-19H2,(H,42,43,44);3-13,25H,1-2H3;2-13,24H,1H3. The maximum absolute atomic E-state index is 11.8. The van der Waals surface area contributed by atoms with E-state index in [9.17, 15) is 23.2 Å². The first-order valence-electron chi connectivity index (χ1n) is 31.6. The van der Waals surface area contributed by atoms with Gasteiger partial charge in [0, 0.05) is 26.7 Å². The SMILES string of the molecule is COc1ccc(N=Nc2ccc(N=Nc3ccc(SOOO)cc3)cc2)cc1.COc1ccc(N=Nc2ccc(N=Nc3cccc(SOOO)c3)cc2OC)cc1.O=S(=O)(O)c1cc(SOOO)c2c(N=Nc3ccc(C4(c5ccc(N=Nc6ccc(O)cc6)cc5)CCCCC4)cc3)c(O)ccc2c1. The predicted molar refractivity (Wildman–Crippen MR) is 396 cm³/mol. The number of hydrogen-bond acceptors (Lipinski definition) is 31. The molecule has 11 aromatic rings. The topological polar surface area (TPSA) is 387 Å². The summed E-state index contributed by atoms with van der Waals surface area (Å²) in [7, 11) is 0.194. The molecule has 1 saturated carbocycles. The molecule has 11 aromatic carbocycles. The van der Waals surface area contributed by atoms with E-state index in [4.69, 9.17) is 30.0 Å². The van der Waals surface area contributed by atoms with Crippen molar-refractivity contribution in [2.75, 3.05) is 21.3 Å². The van der Waals surface area contributed by atoms with Crippen molar-refractivity contribution in [3.8, 4) is 28.7 Å². The monoisotopic (exact) mass is 1510 g/mol. The van der Waals surface area contributed by atoms with Gasteiger partial charge < -0.3 is 24.4 Å². The van der Waals surface area contributed by atoms with Crippen LogP contribution in [0.1, 0.15) is 43.2 Å². The Bertz CT molecular complexity index is 4990. The molecule has 0 heterocycles. The fourth-order valence-corrected chi connectivity index (χ4v) is 12.5. The molecule has 6 N–H and O–H groups in total. The van der Waals surface area contributed by atoms with Crippen LogP contribution in [-0.2, 0) is 43.6 Å². The van der Waals surface area contributed by atoms with Crippen LogP contribution in [0, 0.1) is 0 Å². The number of phenolic OH excluding ortho intramolecular Hbond substituents is 2. The fourth-order valence-electron chi connectivity index (χ4n) is 10.5. The molecule has 0 bridgehead atoms. The van der Waals surface area contributed by atoms with Crippen LogP contribution in [0.5, 0.6) is 28.7 Å². The third-order valence-electron chi connectivity index (χ3n) is 15.7. The zero-order chi connectivity index (χ0) is 74.5. The number of benzene rings is 11. The Balaban J connectivity index is 0.000000180. The van der Waals surface area contributed by atoms with Crippen molar-refractivity contribution in [3.63, 3.8) is 0 Å². The van der Waals surface area contributed by atoms with Gasteiger partial charge in [0.15, 0.2) is 0 Å². The van der Waals surface area contributed by atoms with Crippen molar-refractivity contribution in [2.24, 2.45) is 61.4 Å². The molecule has 0 unspecified atom stereocenters. The van der Waals surface area contributed by atoms with E-state index in [2.05, 4.69) is 102 Å². The molecule has 0 atom stereocenters. The zero-order valence-electron chi connectivity index (χ0n) is 56.2. The molecule has 1 aliphatic rings. The van der Waals surface area contributed by atoms with Crippen LogP contribution in [0.15, 0.2) is 318 Å². The van der Waals surface area contributed by atoms with Crippen LogP contribution in [0.25, 0.3) is 10.8 Å². The molecule has 0 radical (unpaired) electrons. The molecular weight excluding hydrogens is 1450 g/mol. The van der Waals surface area contributed by atoms with Gasteiger partial charge >= 0.3 is 0 Å². The minimum atomic E-state index is -4.58. The van der Waals surface area contributed by atoms with E-state index in [0.717, 1.165) is 89.2 Å². The van der Waals surface area contributed by atoms with Gasteiger partial charge in [-0.05, 0) is 223 Å². The van der Waals surface area contributed by atoms with Crippen LogP contribution in [0.3, 0.4) is 0 Å². The number of phenols is 2. The predicted octanol–water partition coefficient (Wildman–Crippen LogP) is 23.9. The number of rotatable bonds is 27. The van der Waals surface area contributed by atoms with Gasteiger partial charge in [-0.25, -0.2) is 15.8 Å². The third kappa shape index (κ3) is 22.5. The summed E-state index contributed by atoms with van der Waals surface area (Å²) in [5, 5.41) is 107. The quantitative estimate of drug-likeness (QED) is 0.00915. The van der Waals surface area contributed by atoms with E-state index in [0.29, 0.717) is 79.3 Å². The van der Waals surface area contributed by atoms with E-state index in [1.54, 1.807) is 112 Å². The summed E-state index contributed by atoms with van der Waals surface area (Å²) in [6.45, 7) is 0. The minimum absolute atomic E-state index is 0.0221. The van der Waals surface area contributed by atoms with Gasteiger partial charge in [0.2, 0.25) is 0 Å². The highest BCUT2D eigenvalue weighted by Gasteiger charge is 2.36. The summed E-state index contributed by atoms with van der Waals surface area (Å²) >= 11 is 2.19. The van der Waals surface area contributed by atoms with Crippen molar-refractivity contribution in [1.82, 2.24) is 0 Å². The molecule has 106 heavy (non-hydrogen) atoms. The van der Waals surface area contributed by atoms with E-state index < -0.39 is 15.0 Å². The van der Waals surface area contributed by atoms with Crippen LogP contribution < -0.4 is 14.2 Å². The first-order valence-corrected chi connectivity index (χ1v) is 35.3. The second-order valence-electron chi connectivity index (χ2n) is 22.3. The number of azo groups is 6. The third-order valence-corrected chi connectivity index (χ3v) is 18.3. The van der Waals surface area contributed by atoms with Crippen LogP contribution in [0.2, 0.25) is 0 Å². The number of nitrogens with zero attached hydrogens (tertiary/aromatic N) is 12. The fraction of sp³-hybridized carbons (Fsp3) is 0.123. The Hall–Kier alpha value is -11.1. The molecule has 0 amide bonds. The Labute approximate surface area is 619 Å². The zero-order valence-corrected chi connectivity index (χ0v) is 59.5. The van der Waals surface area contributed by atoms with E-state index in [1.807, 2.05) is 109 Å². The molecule has 0 aliphatic heterocycles. The molecule has 542 valence electrons. The van der Waals surface area contributed by atoms with Crippen molar-refractivity contribution in [1.29, 1.82) is 0 Å². The average Bonchev–Trinajstić information content (AvgIpc) is 0.773. The Morgan fingerprint density at radius 3 is 1.28 bits per heavy atom. The summed E-state index contributed by atoms with van der Waals surface area (Å²) in [6, 6.07) is 68.7. The van der Waals surface area contributed by atoms with Gasteiger partial charge in [-0.1, -0.05) is 70.8 Å². The van der Waals surface area contributed by atoms with Crippen molar-refractivity contribution < 1.29 is 81.3 Å². The van der Waals surface area contributed by atoms with E-state index in [1.165, 1.54) is 30.2 Å². The lowest BCUT2D eigenvalue weighted by atomic mass is 9.65. The van der Waals surface area contributed by atoms with E-state index >= 15 is 0 Å².